The van der Waals surface area contributed by atoms with Crippen molar-refractivity contribution < 1.29 is 9.84 Å². The number of ether oxygens (including phenoxy) is 1. The van der Waals surface area contributed by atoms with Crippen LogP contribution in [0.5, 0.6) is 5.75 Å². The number of aliphatic hydroxyl groups is 1. The molecule has 0 aliphatic heterocycles. The summed E-state index contributed by atoms with van der Waals surface area (Å²) in [4.78, 5) is 0. The van der Waals surface area contributed by atoms with Gasteiger partial charge >= 0.3 is 0 Å². The van der Waals surface area contributed by atoms with Gasteiger partial charge in [-0.05, 0) is 36.6 Å². The van der Waals surface area contributed by atoms with Crippen molar-refractivity contribution in [3.8, 4) is 5.75 Å². The Hall–Kier alpha value is -1.06. The zero-order valence-electron chi connectivity index (χ0n) is 13.1. The summed E-state index contributed by atoms with van der Waals surface area (Å²) >= 11 is 0. The van der Waals surface area contributed by atoms with Gasteiger partial charge in [-0.25, -0.2) is 0 Å². The standard InChI is InChI=1S/C17H29NO2/c1-4-14(5-2)11-18-12-16(19)13-20-17-9-7-15(6-3)8-10-17/h7-10,14,16,18-19H,4-6,11-13H2,1-3H3. The van der Waals surface area contributed by atoms with Crippen LogP contribution in [0.1, 0.15) is 39.2 Å². The van der Waals surface area contributed by atoms with Gasteiger partial charge < -0.3 is 15.2 Å². The van der Waals surface area contributed by atoms with Gasteiger partial charge in [-0.3, -0.25) is 0 Å². The molecule has 0 saturated heterocycles. The van der Waals surface area contributed by atoms with Crippen LogP contribution in [0.3, 0.4) is 0 Å². The molecule has 0 bridgehead atoms. The topological polar surface area (TPSA) is 41.5 Å². The number of nitrogens with one attached hydrogen (secondary N) is 1. The van der Waals surface area contributed by atoms with Crippen molar-refractivity contribution >= 4 is 0 Å². The summed E-state index contributed by atoms with van der Waals surface area (Å²) in [5.41, 5.74) is 1.30. The number of rotatable bonds is 10. The Bertz CT molecular complexity index is 347. The van der Waals surface area contributed by atoms with Gasteiger partial charge in [-0.1, -0.05) is 45.7 Å². The van der Waals surface area contributed by atoms with E-state index in [1.54, 1.807) is 0 Å². The molecule has 1 atom stereocenters. The Morgan fingerprint density at radius 3 is 2.25 bits per heavy atom. The Labute approximate surface area is 123 Å². The van der Waals surface area contributed by atoms with Gasteiger partial charge in [0.15, 0.2) is 0 Å². The Morgan fingerprint density at radius 1 is 1.05 bits per heavy atom. The van der Waals surface area contributed by atoms with Crippen LogP contribution in [0.15, 0.2) is 24.3 Å². The van der Waals surface area contributed by atoms with Crippen LogP contribution in [0.2, 0.25) is 0 Å². The molecule has 20 heavy (non-hydrogen) atoms. The first-order valence-corrected chi connectivity index (χ1v) is 7.80. The average molecular weight is 279 g/mol. The molecular weight excluding hydrogens is 250 g/mol. The van der Waals surface area contributed by atoms with Crippen LogP contribution in [-0.4, -0.2) is 30.9 Å². The van der Waals surface area contributed by atoms with Crippen molar-refractivity contribution in [2.75, 3.05) is 19.7 Å². The van der Waals surface area contributed by atoms with Crippen LogP contribution in [-0.2, 0) is 6.42 Å². The van der Waals surface area contributed by atoms with Gasteiger partial charge in [0, 0.05) is 6.54 Å². The molecule has 0 aromatic heterocycles. The minimum Gasteiger partial charge on any atom is -0.491 e. The Morgan fingerprint density at radius 2 is 1.70 bits per heavy atom. The van der Waals surface area contributed by atoms with Crippen molar-refractivity contribution in [2.24, 2.45) is 5.92 Å². The van der Waals surface area contributed by atoms with Crippen LogP contribution >= 0.6 is 0 Å². The fraction of sp³-hybridized carbons (Fsp3) is 0.647. The summed E-state index contributed by atoms with van der Waals surface area (Å²) in [6.07, 6.45) is 2.93. The minimum absolute atomic E-state index is 0.335. The predicted octanol–water partition coefficient (Wildman–Crippen LogP) is 3.01. The molecule has 1 aromatic carbocycles. The monoisotopic (exact) mass is 279 g/mol. The van der Waals surface area contributed by atoms with Crippen LogP contribution < -0.4 is 10.1 Å². The molecule has 0 saturated carbocycles. The molecule has 0 radical (unpaired) electrons. The lowest BCUT2D eigenvalue weighted by atomic mass is 10.0. The summed E-state index contributed by atoms with van der Waals surface area (Å²) < 4.78 is 5.59. The number of hydrogen-bond donors (Lipinski definition) is 2. The fourth-order valence-corrected chi connectivity index (χ4v) is 2.10. The highest BCUT2D eigenvalue weighted by Crippen LogP contribution is 2.12. The lowest BCUT2D eigenvalue weighted by Crippen LogP contribution is -2.34. The second-order valence-electron chi connectivity index (χ2n) is 5.30. The van der Waals surface area contributed by atoms with E-state index in [0.717, 1.165) is 18.7 Å². The van der Waals surface area contributed by atoms with E-state index < -0.39 is 6.10 Å². The van der Waals surface area contributed by atoms with Crippen molar-refractivity contribution in [3.63, 3.8) is 0 Å². The van der Waals surface area contributed by atoms with Crippen LogP contribution in [0.25, 0.3) is 0 Å². The van der Waals surface area contributed by atoms with Crippen LogP contribution in [0, 0.1) is 5.92 Å². The van der Waals surface area contributed by atoms with E-state index >= 15 is 0 Å². The Balaban J connectivity index is 2.20. The van der Waals surface area contributed by atoms with E-state index in [0.29, 0.717) is 19.1 Å². The predicted molar refractivity (Wildman–Crippen MR) is 84.3 cm³/mol. The molecule has 0 heterocycles. The molecule has 1 unspecified atom stereocenters. The molecule has 0 aliphatic carbocycles. The van der Waals surface area contributed by atoms with Gasteiger partial charge in [0.05, 0.1) is 0 Å². The smallest absolute Gasteiger partial charge is 0.119 e. The quantitative estimate of drug-likeness (QED) is 0.692. The highest BCUT2D eigenvalue weighted by molar-refractivity contribution is 5.27. The molecule has 1 rings (SSSR count). The second-order valence-corrected chi connectivity index (χ2v) is 5.30. The number of aryl methyl sites for hydroxylation is 1. The van der Waals surface area contributed by atoms with Crippen LogP contribution in [0.4, 0.5) is 0 Å². The first-order valence-electron chi connectivity index (χ1n) is 7.80. The maximum absolute atomic E-state index is 9.88. The molecule has 3 heteroatoms. The lowest BCUT2D eigenvalue weighted by molar-refractivity contribution is 0.105. The zero-order chi connectivity index (χ0) is 14.8. The van der Waals surface area contributed by atoms with E-state index in [9.17, 15) is 5.11 Å². The summed E-state index contributed by atoms with van der Waals surface area (Å²) in [5, 5.41) is 13.2. The zero-order valence-corrected chi connectivity index (χ0v) is 13.1. The molecule has 0 fully saturated rings. The van der Waals surface area contributed by atoms with Crippen molar-refractivity contribution in [1.29, 1.82) is 0 Å². The largest absolute Gasteiger partial charge is 0.491 e. The number of aliphatic hydroxyl groups excluding tert-OH is 1. The SMILES string of the molecule is CCc1ccc(OCC(O)CNCC(CC)CC)cc1. The summed E-state index contributed by atoms with van der Waals surface area (Å²) in [5.74, 6) is 1.52. The van der Waals surface area contributed by atoms with E-state index in [1.165, 1.54) is 18.4 Å². The van der Waals surface area contributed by atoms with Crippen molar-refractivity contribution in [1.82, 2.24) is 5.32 Å². The maximum Gasteiger partial charge on any atom is 0.119 e. The van der Waals surface area contributed by atoms with E-state index in [2.05, 4.69) is 38.2 Å². The van der Waals surface area contributed by atoms with Crippen molar-refractivity contribution in [2.45, 2.75) is 46.1 Å². The highest BCUT2D eigenvalue weighted by Gasteiger charge is 2.07. The third-order valence-corrected chi connectivity index (χ3v) is 3.74. The summed E-state index contributed by atoms with van der Waals surface area (Å²) in [6.45, 7) is 8.43. The van der Waals surface area contributed by atoms with E-state index in [4.69, 9.17) is 4.74 Å². The second kappa shape index (κ2) is 9.78. The molecule has 1 aromatic rings. The summed E-state index contributed by atoms with van der Waals surface area (Å²) in [7, 11) is 0. The molecule has 3 nitrogen and oxygen atoms in total. The average Bonchev–Trinajstić information content (AvgIpc) is 2.50. The van der Waals surface area contributed by atoms with Gasteiger partial charge in [-0.15, -0.1) is 0 Å². The van der Waals surface area contributed by atoms with Gasteiger partial charge in [0.2, 0.25) is 0 Å². The van der Waals surface area contributed by atoms with E-state index in [-0.39, 0.29) is 0 Å². The first-order chi connectivity index (χ1) is 9.69. The third-order valence-electron chi connectivity index (χ3n) is 3.74. The molecular formula is C17H29NO2. The maximum atomic E-state index is 9.88. The number of hydrogen-bond acceptors (Lipinski definition) is 3. The molecule has 0 amide bonds. The molecule has 114 valence electrons. The van der Waals surface area contributed by atoms with Gasteiger partial charge in [-0.2, -0.15) is 0 Å². The summed E-state index contributed by atoms with van der Waals surface area (Å²) in [6, 6.07) is 8.05. The minimum atomic E-state index is -0.463. The highest BCUT2D eigenvalue weighted by atomic mass is 16.5. The number of benzene rings is 1. The molecule has 0 spiro atoms. The molecule has 0 aliphatic rings. The van der Waals surface area contributed by atoms with Gasteiger partial charge in [0.1, 0.15) is 18.5 Å². The van der Waals surface area contributed by atoms with Gasteiger partial charge in [0.25, 0.3) is 0 Å². The fourth-order valence-electron chi connectivity index (χ4n) is 2.10. The molecule has 2 N–H and O–H groups in total. The first kappa shape index (κ1) is 17.0. The van der Waals surface area contributed by atoms with E-state index in [1.807, 2.05) is 12.1 Å². The Kier molecular flexibility index (Phi) is 8.31. The van der Waals surface area contributed by atoms with Crippen molar-refractivity contribution in [3.05, 3.63) is 29.8 Å². The lowest BCUT2D eigenvalue weighted by Gasteiger charge is -2.16. The normalized spacial score (nSPS) is 12.7. The third kappa shape index (κ3) is 6.40.